The van der Waals surface area contributed by atoms with Gasteiger partial charge in [-0.2, -0.15) is 0 Å². The van der Waals surface area contributed by atoms with Crippen LogP contribution >= 0.6 is 12.2 Å². The van der Waals surface area contributed by atoms with Gasteiger partial charge in [0, 0.05) is 18.6 Å². The quantitative estimate of drug-likeness (QED) is 0.708. The zero-order chi connectivity index (χ0) is 11.8. The monoisotopic (exact) mass is 242 g/mol. The summed E-state index contributed by atoms with van der Waals surface area (Å²) in [7, 11) is 0. The molecule has 0 radical (unpaired) electrons. The van der Waals surface area contributed by atoms with Crippen LogP contribution in [0.5, 0.6) is 0 Å². The average Bonchev–Trinajstić information content (AvgIpc) is 2.87. The first-order valence-corrected chi connectivity index (χ1v) is 6.16. The largest absolute Gasteiger partial charge is 0.392 e. The van der Waals surface area contributed by atoms with Gasteiger partial charge >= 0.3 is 0 Å². The normalized spacial score (nSPS) is 28.4. The molecule has 4 nitrogen and oxygen atoms in total. The predicted octanol–water partition coefficient (Wildman–Crippen LogP) is 0.594. The molecule has 90 valence electrons. The van der Waals surface area contributed by atoms with Crippen LogP contribution in [0.15, 0.2) is 0 Å². The van der Waals surface area contributed by atoms with Gasteiger partial charge in [0.2, 0.25) is 5.91 Å². The Balaban J connectivity index is 1.89. The van der Waals surface area contributed by atoms with Gasteiger partial charge in [-0.3, -0.25) is 4.79 Å². The fraction of sp³-hybridized carbons (Fsp3) is 0.818. The molecule has 3 N–H and O–H groups in total. The number of rotatable bonds is 4. The van der Waals surface area contributed by atoms with E-state index in [0.717, 1.165) is 32.5 Å². The molecule has 5 heteroatoms. The van der Waals surface area contributed by atoms with Gasteiger partial charge in [0.15, 0.2) is 0 Å². The maximum atomic E-state index is 12.0. The van der Waals surface area contributed by atoms with Crippen molar-refractivity contribution in [2.45, 2.75) is 32.2 Å². The summed E-state index contributed by atoms with van der Waals surface area (Å²) < 4.78 is 5.31. The molecule has 1 heterocycles. The van der Waals surface area contributed by atoms with Crippen molar-refractivity contribution < 1.29 is 9.53 Å². The number of nitrogens with two attached hydrogens (primary N) is 1. The smallest absolute Gasteiger partial charge is 0.233 e. The van der Waals surface area contributed by atoms with Crippen molar-refractivity contribution in [2.24, 2.45) is 17.1 Å². The third-order valence-corrected chi connectivity index (χ3v) is 4.08. The lowest BCUT2D eigenvalue weighted by molar-refractivity contribution is -0.125. The minimum absolute atomic E-state index is 0.000556. The summed E-state index contributed by atoms with van der Waals surface area (Å²) in [6, 6.07) is 0.141. The number of amides is 1. The lowest BCUT2D eigenvalue weighted by atomic mass is 9.99. The van der Waals surface area contributed by atoms with Crippen LogP contribution < -0.4 is 11.1 Å². The molecule has 1 saturated heterocycles. The van der Waals surface area contributed by atoms with Gasteiger partial charge < -0.3 is 15.8 Å². The second kappa shape index (κ2) is 4.30. The SMILES string of the molecule is CC(NC(=O)C1(C(N)=S)CC1)C1CCOC1. The third kappa shape index (κ3) is 2.06. The van der Waals surface area contributed by atoms with Crippen LogP contribution in [0, 0.1) is 11.3 Å². The van der Waals surface area contributed by atoms with E-state index in [2.05, 4.69) is 5.32 Å². The molecule has 0 bridgehead atoms. The molecule has 16 heavy (non-hydrogen) atoms. The molecule has 0 spiro atoms. The maximum absolute atomic E-state index is 12.0. The first-order valence-electron chi connectivity index (χ1n) is 5.75. The Morgan fingerprint density at radius 2 is 2.31 bits per heavy atom. The Hall–Kier alpha value is -0.680. The van der Waals surface area contributed by atoms with E-state index in [1.807, 2.05) is 6.92 Å². The van der Waals surface area contributed by atoms with Crippen LogP contribution in [0.2, 0.25) is 0 Å². The Morgan fingerprint density at radius 3 is 2.75 bits per heavy atom. The van der Waals surface area contributed by atoms with E-state index < -0.39 is 5.41 Å². The molecule has 0 aromatic heterocycles. The fourth-order valence-electron chi connectivity index (χ4n) is 2.12. The van der Waals surface area contributed by atoms with Gasteiger partial charge in [-0.15, -0.1) is 0 Å². The number of ether oxygens (including phenoxy) is 1. The molecule has 1 aliphatic heterocycles. The van der Waals surface area contributed by atoms with Crippen LogP contribution in [0.25, 0.3) is 0 Å². The van der Waals surface area contributed by atoms with Gasteiger partial charge in [0.25, 0.3) is 0 Å². The third-order valence-electron chi connectivity index (χ3n) is 3.69. The summed E-state index contributed by atoms with van der Waals surface area (Å²) in [4.78, 5) is 12.3. The van der Waals surface area contributed by atoms with Crippen LogP contribution in [0.4, 0.5) is 0 Å². The lowest BCUT2D eigenvalue weighted by Crippen LogP contribution is -2.46. The van der Waals surface area contributed by atoms with Crippen molar-refractivity contribution in [1.29, 1.82) is 0 Å². The molecule has 0 aromatic carbocycles. The summed E-state index contributed by atoms with van der Waals surface area (Å²) >= 11 is 4.95. The van der Waals surface area contributed by atoms with Crippen molar-refractivity contribution in [3.05, 3.63) is 0 Å². The zero-order valence-electron chi connectivity index (χ0n) is 9.49. The second-order valence-electron chi connectivity index (χ2n) is 4.83. The van der Waals surface area contributed by atoms with E-state index >= 15 is 0 Å². The van der Waals surface area contributed by atoms with Gasteiger partial charge in [0.1, 0.15) is 0 Å². The van der Waals surface area contributed by atoms with E-state index in [-0.39, 0.29) is 11.9 Å². The molecule has 1 aliphatic carbocycles. The number of thiocarbonyl (C=S) groups is 1. The second-order valence-corrected chi connectivity index (χ2v) is 5.27. The minimum atomic E-state index is -0.539. The highest BCUT2D eigenvalue weighted by molar-refractivity contribution is 7.80. The number of nitrogens with one attached hydrogen (secondary N) is 1. The number of hydrogen-bond donors (Lipinski definition) is 2. The van der Waals surface area contributed by atoms with Gasteiger partial charge in [-0.25, -0.2) is 0 Å². The van der Waals surface area contributed by atoms with Crippen LogP contribution in [-0.2, 0) is 9.53 Å². The Labute approximate surface area is 101 Å². The van der Waals surface area contributed by atoms with Gasteiger partial charge in [-0.05, 0) is 26.2 Å². The van der Waals surface area contributed by atoms with Crippen molar-refractivity contribution >= 4 is 23.1 Å². The standard InChI is InChI=1S/C11H18N2O2S/c1-7(8-2-5-15-6-8)13-10(14)11(3-4-11)9(12)16/h7-8H,2-6H2,1H3,(H2,12,16)(H,13,14). The molecule has 0 aromatic rings. The van der Waals surface area contributed by atoms with Crippen LogP contribution in [0.3, 0.4) is 0 Å². The van der Waals surface area contributed by atoms with Crippen molar-refractivity contribution in [2.75, 3.05) is 13.2 Å². The Bertz CT molecular complexity index is 309. The fourth-order valence-corrected chi connectivity index (χ4v) is 2.42. The maximum Gasteiger partial charge on any atom is 0.233 e. The minimum Gasteiger partial charge on any atom is -0.392 e. The van der Waals surface area contributed by atoms with Crippen LogP contribution in [-0.4, -0.2) is 30.2 Å². The summed E-state index contributed by atoms with van der Waals surface area (Å²) in [5, 5.41) is 3.02. The highest BCUT2D eigenvalue weighted by Crippen LogP contribution is 2.46. The molecule has 2 atom stereocenters. The van der Waals surface area contributed by atoms with Crippen molar-refractivity contribution in [1.82, 2.24) is 5.32 Å². The van der Waals surface area contributed by atoms with Crippen molar-refractivity contribution in [3.8, 4) is 0 Å². The molecule has 2 aliphatic rings. The summed E-state index contributed by atoms with van der Waals surface area (Å²) in [6.45, 7) is 3.56. The highest BCUT2D eigenvalue weighted by Gasteiger charge is 2.53. The molecule has 1 saturated carbocycles. The molecular weight excluding hydrogens is 224 g/mol. The Morgan fingerprint density at radius 1 is 1.62 bits per heavy atom. The molecule has 2 fully saturated rings. The van der Waals surface area contributed by atoms with Crippen LogP contribution in [0.1, 0.15) is 26.2 Å². The summed E-state index contributed by atoms with van der Waals surface area (Å²) in [5.74, 6) is 0.422. The topological polar surface area (TPSA) is 64.4 Å². The first-order chi connectivity index (χ1) is 7.56. The summed E-state index contributed by atoms with van der Waals surface area (Å²) in [6.07, 6.45) is 2.60. The molecular formula is C11H18N2O2S. The zero-order valence-corrected chi connectivity index (χ0v) is 10.3. The number of carbonyl (C=O) groups is 1. The lowest BCUT2D eigenvalue weighted by Gasteiger charge is -2.22. The Kier molecular flexibility index (Phi) is 3.17. The average molecular weight is 242 g/mol. The summed E-state index contributed by atoms with van der Waals surface area (Å²) in [5.41, 5.74) is 5.07. The predicted molar refractivity (Wildman–Crippen MR) is 65.0 cm³/mol. The van der Waals surface area contributed by atoms with Gasteiger partial charge in [-0.1, -0.05) is 12.2 Å². The highest BCUT2D eigenvalue weighted by atomic mass is 32.1. The number of hydrogen-bond acceptors (Lipinski definition) is 3. The molecule has 2 unspecified atom stereocenters. The number of carbonyl (C=O) groups excluding carboxylic acids is 1. The van der Waals surface area contributed by atoms with E-state index in [1.54, 1.807) is 0 Å². The van der Waals surface area contributed by atoms with E-state index in [1.165, 1.54) is 0 Å². The molecule has 1 amide bonds. The first kappa shape index (κ1) is 11.8. The van der Waals surface area contributed by atoms with E-state index in [4.69, 9.17) is 22.7 Å². The van der Waals surface area contributed by atoms with Crippen molar-refractivity contribution in [3.63, 3.8) is 0 Å². The van der Waals surface area contributed by atoms with Gasteiger partial charge in [0.05, 0.1) is 17.0 Å². The molecule has 2 rings (SSSR count). The van der Waals surface area contributed by atoms with E-state index in [0.29, 0.717) is 10.9 Å². The van der Waals surface area contributed by atoms with E-state index in [9.17, 15) is 4.79 Å².